The highest BCUT2D eigenvalue weighted by molar-refractivity contribution is 7.80. The third-order valence-corrected chi connectivity index (χ3v) is 4.76. The number of nitrogens with one attached hydrogen (secondary N) is 2. The quantitative estimate of drug-likeness (QED) is 0.418. The second kappa shape index (κ2) is 7.83. The number of phenols is 1. The minimum Gasteiger partial charge on any atom is -0.507 e. The van der Waals surface area contributed by atoms with Crippen LogP contribution in [-0.2, 0) is 11.2 Å². The highest BCUT2D eigenvalue weighted by atomic mass is 32.1. The van der Waals surface area contributed by atoms with Gasteiger partial charge in [0.25, 0.3) is 0 Å². The predicted molar refractivity (Wildman–Crippen MR) is 119 cm³/mol. The first kappa shape index (κ1) is 20.8. The molecule has 0 saturated carbocycles. The lowest BCUT2D eigenvalue weighted by Gasteiger charge is -2.19. The van der Waals surface area contributed by atoms with Crippen LogP contribution in [0.1, 0.15) is 38.8 Å². The van der Waals surface area contributed by atoms with Gasteiger partial charge in [0.05, 0.1) is 5.56 Å². The van der Waals surface area contributed by atoms with Crippen LogP contribution in [0.2, 0.25) is 0 Å². The number of carbonyl (C=O) groups excluding carboxylic acids is 1. The van der Waals surface area contributed by atoms with Crippen molar-refractivity contribution in [1.82, 2.24) is 10.3 Å². The summed E-state index contributed by atoms with van der Waals surface area (Å²) in [5, 5.41) is 16.4. The molecule has 0 bridgehead atoms. The average Bonchev–Trinajstić information content (AvgIpc) is 3.06. The SMILES string of the molecule is CCc1ccc2oc(-c3cc(NC(=S)NC(=O)C(C)(C)C)cc(C)c3O)nc2c1. The lowest BCUT2D eigenvalue weighted by molar-refractivity contribution is -0.126. The lowest BCUT2D eigenvalue weighted by Crippen LogP contribution is -2.41. The topological polar surface area (TPSA) is 87.4 Å². The Bertz CT molecular complexity index is 1100. The van der Waals surface area contributed by atoms with E-state index in [4.69, 9.17) is 16.6 Å². The molecule has 1 aromatic heterocycles. The number of hydrogen-bond acceptors (Lipinski definition) is 5. The van der Waals surface area contributed by atoms with E-state index in [0.717, 1.165) is 17.5 Å². The Balaban J connectivity index is 1.92. The van der Waals surface area contributed by atoms with Gasteiger partial charge in [-0.3, -0.25) is 4.79 Å². The van der Waals surface area contributed by atoms with Crippen LogP contribution in [0.5, 0.6) is 5.75 Å². The van der Waals surface area contributed by atoms with Gasteiger partial charge in [0.1, 0.15) is 11.3 Å². The van der Waals surface area contributed by atoms with E-state index in [-0.39, 0.29) is 16.8 Å². The van der Waals surface area contributed by atoms with Crippen molar-refractivity contribution < 1.29 is 14.3 Å². The molecule has 1 heterocycles. The van der Waals surface area contributed by atoms with Crippen molar-refractivity contribution in [3.63, 3.8) is 0 Å². The van der Waals surface area contributed by atoms with Crippen molar-refractivity contribution >= 4 is 40.0 Å². The number of fused-ring (bicyclic) bond motifs is 1. The number of amides is 1. The Kier molecular flexibility index (Phi) is 5.61. The summed E-state index contributed by atoms with van der Waals surface area (Å²) >= 11 is 5.25. The zero-order valence-electron chi connectivity index (χ0n) is 17.2. The summed E-state index contributed by atoms with van der Waals surface area (Å²) in [6, 6.07) is 9.30. The fourth-order valence-electron chi connectivity index (χ4n) is 2.78. The Morgan fingerprint density at radius 1 is 1.24 bits per heavy atom. The Morgan fingerprint density at radius 3 is 2.62 bits per heavy atom. The number of carbonyl (C=O) groups is 1. The summed E-state index contributed by atoms with van der Waals surface area (Å²) in [6.45, 7) is 9.29. The van der Waals surface area contributed by atoms with E-state index in [0.29, 0.717) is 28.3 Å². The van der Waals surface area contributed by atoms with Gasteiger partial charge in [0.2, 0.25) is 11.8 Å². The number of benzene rings is 2. The molecule has 0 fully saturated rings. The summed E-state index contributed by atoms with van der Waals surface area (Å²) in [7, 11) is 0. The third kappa shape index (κ3) is 4.56. The molecule has 2 aromatic carbocycles. The van der Waals surface area contributed by atoms with E-state index >= 15 is 0 Å². The highest BCUT2D eigenvalue weighted by Crippen LogP contribution is 2.36. The monoisotopic (exact) mass is 411 g/mol. The molecule has 29 heavy (non-hydrogen) atoms. The first-order valence-corrected chi connectivity index (χ1v) is 9.85. The van der Waals surface area contributed by atoms with Crippen molar-refractivity contribution in [2.24, 2.45) is 5.41 Å². The maximum absolute atomic E-state index is 12.1. The second-order valence-corrected chi connectivity index (χ2v) is 8.43. The van der Waals surface area contributed by atoms with Crippen molar-refractivity contribution in [3.05, 3.63) is 41.5 Å². The minimum absolute atomic E-state index is 0.0856. The van der Waals surface area contributed by atoms with Crippen LogP contribution >= 0.6 is 12.2 Å². The molecule has 0 unspecified atom stereocenters. The number of thiocarbonyl (C=S) groups is 1. The first-order valence-electron chi connectivity index (χ1n) is 9.44. The molecule has 3 aromatic rings. The van der Waals surface area contributed by atoms with Crippen molar-refractivity contribution in [3.8, 4) is 17.2 Å². The van der Waals surface area contributed by atoms with Crippen LogP contribution in [0.4, 0.5) is 5.69 Å². The number of aromatic nitrogens is 1. The van der Waals surface area contributed by atoms with Gasteiger partial charge in [-0.2, -0.15) is 0 Å². The van der Waals surface area contributed by atoms with Gasteiger partial charge in [-0.15, -0.1) is 0 Å². The van der Waals surface area contributed by atoms with Crippen LogP contribution in [0.3, 0.4) is 0 Å². The maximum Gasteiger partial charge on any atom is 0.231 e. The first-order chi connectivity index (χ1) is 13.6. The van der Waals surface area contributed by atoms with Crippen LogP contribution in [0, 0.1) is 12.3 Å². The van der Waals surface area contributed by atoms with Gasteiger partial charge >= 0.3 is 0 Å². The summed E-state index contributed by atoms with van der Waals surface area (Å²) < 4.78 is 5.86. The molecule has 0 atom stereocenters. The fourth-order valence-corrected chi connectivity index (χ4v) is 2.99. The number of aryl methyl sites for hydroxylation is 2. The molecule has 3 N–H and O–H groups in total. The lowest BCUT2D eigenvalue weighted by atomic mass is 9.96. The van der Waals surface area contributed by atoms with E-state index in [1.165, 1.54) is 0 Å². The molecular formula is C22H25N3O3S. The molecular weight excluding hydrogens is 386 g/mol. The van der Waals surface area contributed by atoms with Gasteiger partial charge in [0.15, 0.2) is 10.7 Å². The number of rotatable bonds is 3. The molecule has 0 saturated heterocycles. The molecule has 0 spiro atoms. The number of anilines is 1. The van der Waals surface area contributed by atoms with Crippen molar-refractivity contribution in [2.75, 3.05) is 5.32 Å². The predicted octanol–water partition coefficient (Wildman–Crippen LogP) is 4.93. The maximum atomic E-state index is 12.1. The van der Waals surface area contributed by atoms with E-state index in [1.54, 1.807) is 19.1 Å². The van der Waals surface area contributed by atoms with E-state index < -0.39 is 5.41 Å². The Hall–Kier alpha value is -2.93. The second-order valence-electron chi connectivity index (χ2n) is 8.02. The Labute approximate surface area is 175 Å². The largest absolute Gasteiger partial charge is 0.507 e. The standard InChI is InChI=1S/C22H25N3O3S/c1-6-13-7-8-17-16(10-13)24-19(28-17)15-11-14(9-12(2)18(15)26)23-21(29)25-20(27)22(3,4)5/h7-11,26H,6H2,1-5H3,(H2,23,25,27,29). The van der Waals surface area contributed by atoms with Gasteiger partial charge in [-0.05, 0) is 61.0 Å². The molecule has 1 amide bonds. The number of aromatic hydroxyl groups is 1. The van der Waals surface area contributed by atoms with Gasteiger partial charge < -0.3 is 20.2 Å². The van der Waals surface area contributed by atoms with E-state index in [2.05, 4.69) is 22.5 Å². The smallest absolute Gasteiger partial charge is 0.231 e. The summed E-state index contributed by atoms with van der Waals surface area (Å²) in [4.78, 5) is 16.7. The molecule has 0 aliphatic carbocycles. The Morgan fingerprint density at radius 2 is 1.97 bits per heavy atom. The van der Waals surface area contributed by atoms with Crippen LogP contribution in [0.15, 0.2) is 34.7 Å². The third-order valence-electron chi connectivity index (χ3n) is 4.56. The zero-order valence-corrected chi connectivity index (χ0v) is 18.0. The number of nitrogens with zero attached hydrogens (tertiary/aromatic N) is 1. The van der Waals surface area contributed by atoms with E-state index in [1.807, 2.05) is 39.0 Å². The van der Waals surface area contributed by atoms with E-state index in [9.17, 15) is 9.90 Å². The fraction of sp³-hybridized carbons (Fsp3) is 0.318. The summed E-state index contributed by atoms with van der Waals surface area (Å²) in [5.74, 6) is 0.223. The van der Waals surface area contributed by atoms with Crippen LogP contribution in [0.25, 0.3) is 22.6 Å². The normalized spacial score (nSPS) is 11.5. The minimum atomic E-state index is -0.558. The van der Waals surface area contributed by atoms with Crippen LogP contribution < -0.4 is 10.6 Å². The van der Waals surface area contributed by atoms with Gasteiger partial charge in [-0.1, -0.05) is 33.8 Å². The zero-order chi connectivity index (χ0) is 21.3. The van der Waals surface area contributed by atoms with Crippen molar-refractivity contribution in [1.29, 1.82) is 0 Å². The molecule has 7 heteroatoms. The molecule has 3 rings (SSSR count). The number of hydrogen-bond donors (Lipinski definition) is 3. The van der Waals surface area contributed by atoms with Crippen LogP contribution in [-0.4, -0.2) is 21.1 Å². The van der Waals surface area contributed by atoms with Gasteiger partial charge in [0, 0.05) is 11.1 Å². The average molecular weight is 412 g/mol. The molecule has 6 nitrogen and oxygen atoms in total. The molecule has 0 radical (unpaired) electrons. The molecule has 0 aliphatic rings. The summed E-state index contributed by atoms with van der Waals surface area (Å²) in [5.41, 5.74) is 3.69. The van der Waals surface area contributed by atoms with Crippen molar-refractivity contribution in [2.45, 2.75) is 41.0 Å². The number of phenolic OH excluding ortho intramolecular Hbond substituents is 1. The summed E-state index contributed by atoms with van der Waals surface area (Å²) in [6.07, 6.45) is 0.902. The number of oxazole rings is 1. The van der Waals surface area contributed by atoms with Gasteiger partial charge in [-0.25, -0.2) is 4.98 Å². The molecule has 152 valence electrons. The molecule has 0 aliphatic heterocycles. The highest BCUT2D eigenvalue weighted by Gasteiger charge is 2.22.